The first-order valence-corrected chi connectivity index (χ1v) is 14.2. The van der Waals surface area contributed by atoms with Gasteiger partial charge in [0.05, 0.1) is 6.10 Å². The van der Waals surface area contributed by atoms with Crippen molar-refractivity contribution in [3.8, 4) is 0 Å². The van der Waals surface area contributed by atoms with Gasteiger partial charge in [-0.05, 0) is 38.2 Å². The summed E-state index contributed by atoms with van der Waals surface area (Å²) >= 11 is 0. The number of esters is 4. The van der Waals surface area contributed by atoms with Gasteiger partial charge in [-0.3, -0.25) is 14.4 Å². The van der Waals surface area contributed by atoms with Crippen molar-refractivity contribution < 1.29 is 48.3 Å². The van der Waals surface area contributed by atoms with E-state index in [0.717, 1.165) is 0 Å². The quantitative estimate of drug-likeness (QED) is 0.230. The van der Waals surface area contributed by atoms with E-state index in [9.17, 15) is 29.4 Å². The molecule has 0 bridgehead atoms. The highest BCUT2D eigenvalue weighted by atomic mass is 16.6. The van der Waals surface area contributed by atoms with Gasteiger partial charge in [0.25, 0.3) is 0 Å². The van der Waals surface area contributed by atoms with E-state index < -0.39 is 70.6 Å². The van der Waals surface area contributed by atoms with Crippen LogP contribution in [0, 0.1) is 16.7 Å². The third kappa shape index (κ3) is 5.57. The number of hydrogen-bond acceptors (Lipinski definition) is 10. The molecule has 2 aliphatic carbocycles. The molecule has 0 radical (unpaired) electrons. The third-order valence-electron chi connectivity index (χ3n) is 9.26. The van der Waals surface area contributed by atoms with Crippen LogP contribution in [0.25, 0.3) is 0 Å². The van der Waals surface area contributed by atoms with Crippen LogP contribution in [-0.2, 0) is 38.1 Å². The monoisotopic (exact) mass is 564 g/mol. The molecule has 1 heterocycles. The lowest BCUT2D eigenvalue weighted by Crippen LogP contribution is -2.78. The highest BCUT2D eigenvalue weighted by molar-refractivity contribution is 5.85. The van der Waals surface area contributed by atoms with E-state index in [1.807, 2.05) is 13.8 Å². The normalized spacial score (nSPS) is 36.1. The van der Waals surface area contributed by atoms with Crippen molar-refractivity contribution in [2.75, 3.05) is 6.61 Å². The Morgan fingerprint density at radius 3 is 2.27 bits per heavy atom. The van der Waals surface area contributed by atoms with Crippen LogP contribution in [0.3, 0.4) is 0 Å². The van der Waals surface area contributed by atoms with Crippen LogP contribution < -0.4 is 0 Å². The molecule has 224 valence electrons. The fourth-order valence-corrected chi connectivity index (χ4v) is 7.05. The molecular formula is C30H44O10. The molecule has 10 heteroatoms. The molecule has 2 fully saturated rings. The van der Waals surface area contributed by atoms with Crippen LogP contribution in [0.4, 0.5) is 0 Å². The van der Waals surface area contributed by atoms with Crippen molar-refractivity contribution >= 4 is 23.9 Å². The number of cyclic esters (lactones) is 1. The molecule has 0 saturated heterocycles. The highest BCUT2D eigenvalue weighted by Crippen LogP contribution is 2.66. The summed E-state index contributed by atoms with van der Waals surface area (Å²) in [5, 5.41) is 24.1. The van der Waals surface area contributed by atoms with E-state index in [2.05, 4.69) is 6.58 Å². The van der Waals surface area contributed by atoms with Crippen LogP contribution in [0.15, 0.2) is 23.8 Å². The van der Waals surface area contributed by atoms with Crippen molar-refractivity contribution in [3.63, 3.8) is 0 Å². The predicted molar refractivity (Wildman–Crippen MR) is 143 cm³/mol. The summed E-state index contributed by atoms with van der Waals surface area (Å²) in [7, 11) is 0. The molecule has 0 spiro atoms. The number of hydrogen-bond donors (Lipinski definition) is 2. The SMILES string of the molecule is C=C1CC[C@@H](O)[C@H]2[C@@]1(C)[C@@H](OC(C)=O)[C@H](OC(=O)CCC)[C@](C)(O)[C@]2(C)[C@H](CC1=CC(=O)OC1)OC(=O)CCC. The van der Waals surface area contributed by atoms with Crippen molar-refractivity contribution in [1.82, 2.24) is 0 Å². The van der Waals surface area contributed by atoms with E-state index in [0.29, 0.717) is 36.8 Å². The van der Waals surface area contributed by atoms with Gasteiger partial charge in [-0.15, -0.1) is 0 Å². The molecule has 0 aromatic rings. The van der Waals surface area contributed by atoms with Gasteiger partial charge < -0.3 is 29.2 Å². The minimum atomic E-state index is -1.99. The van der Waals surface area contributed by atoms with Crippen molar-refractivity contribution in [1.29, 1.82) is 0 Å². The topological polar surface area (TPSA) is 146 Å². The van der Waals surface area contributed by atoms with Gasteiger partial charge in [0, 0.05) is 49.0 Å². The van der Waals surface area contributed by atoms with Gasteiger partial charge in [0.15, 0.2) is 12.2 Å². The van der Waals surface area contributed by atoms with Gasteiger partial charge in [0.1, 0.15) is 18.3 Å². The van der Waals surface area contributed by atoms with E-state index in [4.69, 9.17) is 18.9 Å². The Kier molecular flexibility index (Phi) is 9.56. The first kappa shape index (κ1) is 31.8. The molecule has 3 rings (SSSR count). The zero-order valence-corrected chi connectivity index (χ0v) is 24.5. The van der Waals surface area contributed by atoms with E-state index in [1.165, 1.54) is 19.9 Å². The van der Waals surface area contributed by atoms with Gasteiger partial charge in [-0.25, -0.2) is 4.79 Å². The number of rotatable bonds is 10. The van der Waals surface area contributed by atoms with Gasteiger partial charge in [-0.2, -0.15) is 0 Å². The van der Waals surface area contributed by atoms with Crippen molar-refractivity contribution in [2.24, 2.45) is 16.7 Å². The second kappa shape index (κ2) is 12.0. The lowest BCUT2D eigenvalue weighted by molar-refractivity contribution is -0.312. The average molecular weight is 565 g/mol. The Balaban J connectivity index is 2.29. The minimum Gasteiger partial charge on any atom is -0.461 e. The first-order chi connectivity index (χ1) is 18.6. The second-order valence-corrected chi connectivity index (χ2v) is 11.9. The maximum Gasteiger partial charge on any atom is 0.331 e. The van der Waals surface area contributed by atoms with Crippen LogP contribution >= 0.6 is 0 Å². The lowest BCUT2D eigenvalue weighted by Gasteiger charge is -2.67. The second-order valence-electron chi connectivity index (χ2n) is 11.9. The molecule has 10 nitrogen and oxygen atoms in total. The maximum atomic E-state index is 13.0. The van der Waals surface area contributed by atoms with Crippen molar-refractivity contribution in [3.05, 3.63) is 23.8 Å². The largest absolute Gasteiger partial charge is 0.461 e. The molecule has 0 aromatic carbocycles. The number of aliphatic hydroxyl groups is 2. The molecule has 0 unspecified atom stereocenters. The van der Waals surface area contributed by atoms with Crippen LogP contribution in [0.5, 0.6) is 0 Å². The maximum absolute atomic E-state index is 13.0. The molecular weight excluding hydrogens is 520 g/mol. The molecule has 1 aliphatic heterocycles. The zero-order chi connectivity index (χ0) is 30.0. The van der Waals surface area contributed by atoms with Gasteiger partial charge in [-0.1, -0.05) is 39.8 Å². The summed E-state index contributed by atoms with van der Waals surface area (Å²) < 4.78 is 22.9. The Morgan fingerprint density at radius 1 is 1.10 bits per heavy atom. The van der Waals surface area contributed by atoms with Gasteiger partial charge in [0.2, 0.25) is 0 Å². The third-order valence-corrected chi connectivity index (χ3v) is 9.26. The zero-order valence-electron chi connectivity index (χ0n) is 24.5. The number of fused-ring (bicyclic) bond motifs is 1. The summed E-state index contributed by atoms with van der Waals surface area (Å²) in [4.78, 5) is 50.2. The Hall–Kier alpha value is -2.72. The lowest BCUT2D eigenvalue weighted by atomic mass is 9.41. The molecule has 0 amide bonds. The van der Waals surface area contributed by atoms with Crippen LogP contribution in [-0.4, -0.2) is 70.7 Å². The summed E-state index contributed by atoms with van der Waals surface area (Å²) in [6, 6.07) is 0. The minimum absolute atomic E-state index is 0.00106. The smallest absolute Gasteiger partial charge is 0.331 e. The average Bonchev–Trinajstić information content (AvgIpc) is 3.27. The Morgan fingerprint density at radius 2 is 1.73 bits per heavy atom. The van der Waals surface area contributed by atoms with Crippen molar-refractivity contribution in [2.45, 2.75) is 117 Å². The Labute approximate surface area is 236 Å². The molecule has 0 aromatic heterocycles. The van der Waals surface area contributed by atoms with E-state index in [1.54, 1.807) is 13.8 Å². The number of ether oxygens (including phenoxy) is 4. The number of aliphatic hydroxyl groups excluding tert-OH is 1. The summed E-state index contributed by atoms with van der Waals surface area (Å²) in [6.45, 7) is 14.1. The summed E-state index contributed by atoms with van der Waals surface area (Å²) in [6.07, 6.45) is -1.35. The fourth-order valence-electron chi connectivity index (χ4n) is 7.05. The van der Waals surface area contributed by atoms with E-state index >= 15 is 0 Å². The standard InChI is InChI=1S/C30H44O10/c1-8-10-22(33)39-21(14-19-15-24(35)37-16-19)29(6)25-20(32)13-12-17(3)28(25,5)26(38-18(4)31)27(30(29,7)36)40-23(34)11-9-2/h15,20-21,25-27,32,36H,3,8-14,16H2,1-2,4-7H3/t20-,21+,25+,26+,27+,28+,29-,30+/m1/s1. The predicted octanol–water partition coefficient (Wildman–Crippen LogP) is 3.32. The molecule has 2 N–H and O–H groups in total. The number of carbonyl (C=O) groups is 4. The molecule has 40 heavy (non-hydrogen) atoms. The molecule has 2 saturated carbocycles. The first-order valence-electron chi connectivity index (χ1n) is 14.2. The highest BCUT2D eigenvalue weighted by Gasteiger charge is 2.75. The van der Waals surface area contributed by atoms with Crippen LogP contribution in [0.2, 0.25) is 0 Å². The fraction of sp³-hybridized carbons (Fsp3) is 0.733. The van der Waals surface area contributed by atoms with Crippen LogP contribution in [0.1, 0.15) is 86.5 Å². The summed E-state index contributed by atoms with van der Waals surface area (Å²) in [5.74, 6) is -3.12. The summed E-state index contributed by atoms with van der Waals surface area (Å²) in [5.41, 5.74) is -3.42. The molecule has 3 aliphatic rings. The number of carbonyl (C=O) groups excluding carboxylic acids is 4. The molecule has 8 atom stereocenters. The van der Waals surface area contributed by atoms with E-state index in [-0.39, 0.29) is 25.9 Å². The Bertz CT molecular complexity index is 1060. The van der Waals surface area contributed by atoms with Gasteiger partial charge >= 0.3 is 23.9 Å².